The first-order chi connectivity index (χ1) is 9.67. The van der Waals surface area contributed by atoms with Gasteiger partial charge in [0.2, 0.25) is 5.91 Å². The zero-order valence-electron chi connectivity index (χ0n) is 12.4. The predicted molar refractivity (Wildman–Crippen MR) is 77.0 cm³/mol. The van der Waals surface area contributed by atoms with Gasteiger partial charge in [-0.2, -0.15) is 0 Å². The van der Waals surface area contributed by atoms with E-state index in [1.807, 2.05) is 13.1 Å². The van der Waals surface area contributed by atoms with E-state index in [1.54, 1.807) is 4.68 Å². The number of hydrogen-bond acceptors (Lipinski definition) is 4. The Balaban J connectivity index is 1.69. The van der Waals surface area contributed by atoms with Crippen molar-refractivity contribution in [3.63, 3.8) is 0 Å². The maximum absolute atomic E-state index is 11.8. The monoisotopic (exact) mass is 279 g/mol. The fourth-order valence-corrected chi connectivity index (χ4v) is 2.20. The molecule has 2 rings (SSSR count). The van der Waals surface area contributed by atoms with E-state index in [1.165, 1.54) is 12.8 Å². The van der Waals surface area contributed by atoms with Crippen molar-refractivity contribution < 1.29 is 4.79 Å². The maximum atomic E-state index is 11.8. The van der Waals surface area contributed by atoms with Gasteiger partial charge in [0.05, 0.1) is 11.9 Å². The standard InChI is InChI=1S/C14H25N5O/c1-3-4-11(2)16-14(20)10-19-9-13(17-18-19)8-15-7-12-5-6-12/h9,11-12,15H,3-8,10H2,1-2H3,(H,16,20). The van der Waals surface area contributed by atoms with E-state index in [0.717, 1.165) is 37.5 Å². The lowest BCUT2D eigenvalue weighted by Gasteiger charge is -2.12. The summed E-state index contributed by atoms with van der Waals surface area (Å²) >= 11 is 0. The Labute approximate surface area is 120 Å². The molecule has 1 saturated carbocycles. The Morgan fingerprint density at radius 2 is 2.35 bits per heavy atom. The van der Waals surface area contributed by atoms with Crippen molar-refractivity contribution in [2.45, 2.75) is 58.7 Å². The van der Waals surface area contributed by atoms with Crippen molar-refractivity contribution in [2.24, 2.45) is 5.92 Å². The summed E-state index contributed by atoms with van der Waals surface area (Å²) in [6, 6.07) is 0.218. The highest BCUT2D eigenvalue weighted by atomic mass is 16.2. The van der Waals surface area contributed by atoms with Gasteiger partial charge in [0, 0.05) is 12.6 Å². The molecule has 2 N–H and O–H groups in total. The molecule has 0 radical (unpaired) electrons. The quantitative estimate of drug-likeness (QED) is 0.709. The number of carbonyl (C=O) groups is 1. The lowest BCUT2D eigenvalue weighted by Crippen LogP contribution is -2.35. The molecule has 0 aliphatic heterocycles. The minimum atomic E-state index is -0.00617. The van der Waals surface area contributed by atoms with Gasteiger partial charge in [-0.05, 0) is 38.6 Å². The third kappa shape index (κ3) is 5.28. The molecule has 6 heteroatoms. The molecule has 1 aliphatic rings. The van der Waals surface area contributed by atoms with Crippen LogP contribution >= 0.6 is 0 Å². The minimum Gasteiger partial charge on any atom is -0.352 e. The molecular formula is C14H25N5O. The van der Waals surface area contributed by atoms with Crippen LogP contribution in [0, 0.1) is 5.92 Å². The summed E-state index contributed by atoms with van der Waals surface area (Å²) in [6.45, 7) is 6.16. The Bertz CT molecular complexity index is 427. The van der Waals surface area contributed by atoms with E-state index in [2.05, 4.69) is 27.9 Å². The van der Waals surface area contributed by atoms with Crippen molar-refractivity contribution in [3.8, 4) is 0 Å². The Kier molecular flexibility index (Phi) is 5.52. The second-order valence-electron chi connectivity index (χ2n) is 5.74. The fourth-order valence-electron chi connectivity index (χ4n) is 2.20. The van der Waals surface area contributed by atoms with Gasteiger partial charge in [-0.15, -0.1) is 5.10 Å². The lowest BCUT2D eigenvalue weighted by molar-refractivity contribution is -0.122. The SMILES string of the molecule is CCCC(C)NC(=O)Cn1cc(CNCC2CC2)nn1. The van der Waals surface area contributed by atoms with Crippen molar-refractivity contribution in [2.75, 3.05) is 6.54 Å². The summed E-state index contributed by atoms with van der Waals surface area (Å²) in [5, 5.41) is 14.4. The average molecular weight is 279 g/mol. The van der Waals surface area contributed by atoms with Crippen LogP contribution in [0.3, 0.4) is 0 Å². The number of hydrogen-bond donors (Lipinski definition) is 2. The number of amides is 1. The number of aromatic nitrogens is 3. The molecule has 1 fully saturated rings. The Morgan fingerprint density at radius 1 is 1.55 bits per heavy atom. The first-order valence-electron chi connectivity index (χ1n) is 7.56. The van der Waals surface area contributed by atoms with E-state index < -0.39 is 0 Å². The summed E-state index contributed by atoms with van der Waals surface area (Å²) in [5.74, 6) is 0.851. The highest BCUT2D eigenvalue weighted by Gasteiger charge is 2.20. The number of carbonyl (C=O) groups excluding carboxylic acids is 1. The summed E-state index contributed by atoms with van der Waals surface area (Å²) in [5.41, 5.74) is 0.889. The number of nitrogens with zero attached hydrogens (tertiary/aromatic N) is 3. The van der Waals surface area contributed by atoms with E-state index in [4.69, 9.17) is 0 Å². The van der Waals surface area contributed by atoms with Gasteiger partial charge in [-0.25, -0.2) is 4.68 Å². The van der Waals surface area contributed by atoms with Gasteiger partial charge < -0.3 is 10.6 Å². The molecule has 112 valence electrons. The first kappa shape index (κ1) is 15.0. The van der Waals surface area contributed by atoms with Crippen LogP contribution in [-0.2, 0) is 17.9 Å². The van der Waals surface area contributed by atoms with E-state index in [0.29, 0.717) is 0 Å². The normalized spacial score (nSPS) is 16.1. The second kappa shape index (κ2) is 7.38. The summed E-state index contributed by atoms with van der Waals surface area (Å²) in [4.78, 5) is 11.8. The molecule has 1 aromatic rings. The van der Waals surface area contributed by atoms with Crippen LogP contribution in [0.1, 0.15) is 45.2 Å². The maximum Gasteiger partial charge on any atom is 0.242 e. The highest BCUT2D eigenvalue weighted by molar-refractivity contribution is 5.75. The van der Waals surface area contributed by atoms with E-state index in [9.17, 15) is 4.79 Å². The molecule has 0 bridgehead atoms. The molecule has 1 aliphatic carbocycles. The van der Waals surface area contributed by atoms with Crippen LogP contribution in [0.2, 0.25) is 0 Å². The van der Waals surface area contributed by atoms with E-state index in [-0.39, 0.29) is 18.5 Å². The van der Waals surface area contributed by atoms with Crippen LogP contribution in [0.4, 0.5) is 0 Å². The van der Waals surface area contributed by atoms with Gasteiger partial charge in [-0.3, -0.25) is 4.79 Å². The molecule has 1 heterocycles. The molecule has 0 spiro atoms. The number of nitrogens with one attached hydrogen (secondary N) is 2. The Morgan fingerprint density at radius 3 is 3.05 bits per heavy atom. The van der Waals surface area contributed by atoms with Gasteiger partial charge in [0.15, 0.2) is 0 Å². The molecule has 1 amide bonds. The zero-order chi connectivity index (χ0) is 14.4. The summed E-state index contributed by atoms with van der Waals surface area (Å²) in [7, 11) is 0. The van der Waals surface area contributed by atoms with Crippen molar-refractivity contribution in [1.82, 2.24) is 25.6 Å². The Hall–Kier alpha value is -1.43. The van der Waals surface area contributed by atoms with Crippen molar-refractivity contribution in [3.05, 3.63) is 11.9 Å². The highest BCUT2D eigenvalue weighted by Crippen LogP contribution is 2.27. The summed E-state index contributed by atoms with van der Waals surface area (Å²) in [6.07, 6.45) is 6.59. The summed E-state index contributed by atoms with van der Waals surface area (Å²) < 4.78 is 1.60. The van der Waals surface area contributed by atoms with Gasteiger partial charge >= 0.3 is 0 Å². The fraction of sp³-hybridized carbons (Fsp3) is 0.786. The van der Waals surface area contributed by atoms with Gasteiger partial charge in [0.25, 0.3) is 0 Å². The molecule has 20 heavy (non-hydrogen) atoms. The van der Waals surface area contributed by atoms with Gasteiger partial charge in [-0.1, -0.05) is 18.6 Å². The predicted octanol–water partition coefficient (Wildman–Crippen LogP) is 1.08. The topological polar surface area (TPSA) is 71.8 Å². The molecule has 0 aromatic carbocycles. The molecule has 1 atom stereocenters. The van der Waals surface area contributed by atoms with Crippen LogP contribution in [0.15, 0.2) is 6.20 Å². The van der Waals surface area contributed by atoms with E-state index >= 15 is 0 Å². The average Bonchev–Trinajstić information content (AvgIpc) is 3.10. The van der Waals surface area contributed by atoms with Crippen LogP contribution < -0.4 is 10.6 Å². The third-order valence-corrected chi connectivity index (χ3v) is 3.46. The number of rotatable bonds is 9. The molecular weight excluding hydrogens is 254 g/mol. The molecule has 1 unspecified atom stereocenters. The lowest BCUT2D eigenvalue weighted by atomic mass is 10.2. The largest absolute Gasteiger partial charge is 0.352 e. The molecule has 1 aromatic heterocycles. The van der Waals surface area contributed by atoms with Gasteiger partial charge in [0.1, 0.15) is 6.54 Å². The molecule has 6 nitrogen and oxygen atoms in total. The third-order valence-electron chi connectivity index (χ3n) is 3.46. The molecule has 0 saturated heterocycles. The van der Waals surface area contributed by atoms with Crippen LogP contribution in [0.5, 0.6) is 0 Å². The zero-order valence-corrected chi connectivity index (χ0v) is 12.4. The minimum absolute atomic E-state index is 0.00617. The van der Waals surface area contributed by atoms with Crippen molar-refractivity contribution >= 4 is 5.91 Å². The smallest absolute Gasteiger partial charge is 0.242 e. The van der Waals surface area contributed by atoms with Crippen molar-refractivity contribution in [1.29, 1.82) is 0 Å². The second-order valence-corrected chi connectivity index (χ2v) is 5.74. The van der Waals surface area contributed by atoms with Crippen LogP contribution in [0.25, 0.3) is 0 Å². The van der Waals surface area contributed by atoms with Crippen LogP contribution in [-0.4, -0.2) is 33.5 Å². The first-order valence-corrected chi connectivity index (χ1v) is 7.56.